The summed E-state index contributed by atoms with van der Waals surface area (Å²) < 4.78 is 6.72. The number of nitrogens with one attached hydrogen (secondary N) is 1. The molecule has 2 rings (SSSR count). The van der Waals surface area contributed by atoms with E-state index in [-0.39, 0.29) is 17.6 Å². The molecule has 0 aliphatic carbocycles. The van der Waals surface area contributed by atoms with E-state index >= 15 is 0 Å². The van der Waals surface area contributed by atoms with Crippen LogP contribution in [0.2, 0.25) is 0 Å². The lowest BCUT2D eigenvalue weighted by atomic mass is 10.3. The van der Waals surface area contributed by atoms with Gasteiger partial charge in [-0.3, -0.25) is 19.6 Å². The first-order chi connectivity index (χ1) is 10.5. The van der Waals surface area contributed by atoms with Crippen LogP contribution >= 0.6 is 0 Å². The Morgan fingerprint density at radius 3 is 3.00 bits per heavy atom. The highest BCUT2D eigenvalue weighted by Gasteiger charge is 2.09. The SMILES string of the molecule is Cc1cnn(CCCNC(=O)/C=C/c2ccc([N+](=O)[O-])o2)c1. The van der Waals surface area contributed by atoms with E-state index in [4.69, 9.17) is 4.42 Å². The van der Waals surface area contributed by atoms with Gasteiger partial charge in [-0.05, 0) is 31.1 Å². The first kappa shape index (κ1) is 15.5. The molecule has 0 aromatic carbocycles. The number of amides is 1. The highest BCUT2D eigenvalue weighted by atomic mass is 16.6. The summed E-state index contributed by atoms with van der Waals surface area (Å²) in [5.74, 6) is -0.376. The van der Waals surface area contributed by atoms with E-state index in [2.05, 4.69) is 10.4 Å². The summed E-state index contributed by atoms with van der Waals surface area (Å²) in [5, 5.41) is 17.3. The minimum atomic E-state index is -0.631. The molecule has 0 spiro atoms. The Morgan fingerprint density at radius 2 is 2.36 bits per heavy atom. The highest BCUT2D eigenvalue weighted by molar-refractivity contribution is 5.91. The van der Waals surface area contributed by atoms with Crippen molar-refractivity contribution in [2.75, 3.05) is 6.54 Å². The molecule has 0 aliphatic heterocycles. The van der Waals surface area contributed by atoms with Crippen LogP contribution in [0.3, 0.4) is 0 Å². The topological polar surface area (TPSA) is 103 Å². The molecule has 2 heterocycles. The third-order valence-electron chi connectivity index (χ3n) is 2.82. The van der Waals surface area contributed by atoms with Gasteiger partial charge in [-0.1, -0.05) is 0 Å². The number of nitro groups is 1. The van der Waals surface area contributed by atoms with Gasteiger partial charge in [-0.15, -0.1) is 0 Å². The van der Waals surface area contributed by atoms with Gasteiger partial charge in [-0.25, -0.2) is 0 Å². The quantitative estimate of drug-likeness (QED) is 0.364. The average molecular weight is 304 g/mol. The Hall–Kier alpha value is -2.90. The third kappa shape index (κ3) is 4.58. The number of carbonyl (C=O) groups excluding carboxylic acids is 1. The van der Waals surface area contributed by atoms with Crippen molar-refractivity contribution in [3.05, 3.63) is 52.0 Å². The molecule has 0 atom stereocenters. The number of rotatable bonds is 7. The van der Waals surface area contributed by atoms with E-state index in [0.717, 1.165) is 18.5 Å². The molecular formula is C14H16N4O4. The Balaban J connectivity index is 1.70. The van der Waals surface area contributed by atoms with Gasteiger partial charge in [-0.2, -0.15) is 5.10 Å². The molecule has 1 amide bonds. The largest absolute Gasteiger partial charge is 0.433 e. The van der Waals surface area contributed by atoms with E-state index in [1.165, 1.54) is 24.3 Å². The zero-order chi connectivity index (χ0) is 15.9. The predicted octanol–water partition coefficient (Wildman–Crippen LogP) is 1.91. The lowest BCUT2D eigenvalue weighted by Gasteiger charge is -2.02. The van der Waals surface area contributed by atoms with Crippen LogP contribution in [0.15, 0.2) is 35.0 Å². The molecule has 8 nitrogen and oxygen atoms in total. The number of carbonyl (C=O) groups is 1. The van der Waals surface area contributed by atoms with Crippen molar-refractivity contribution in [3.63, 3.8) is 0 Å². The lowest BCUT2D eigenvalue weighted by molar-refractivity contribution is -0.402. The normalized spacial score (nSPS) is 11.0. The van der Waals surface area contributed by atoms with Gasteiger partial charge in [0.05, 0.1) is 12.3 Å². The molecule has 0 unspecified atom stereocenters. The second-order valence-electron chi connectivity index (χ2n) is 4.69. The molecule has 0 radical (unpaired) electrons. The van der Waals surface area contributed by atoms with Crippen LogP contribution in [0.25, 0.3) is 6.08 Å². The molecule has 0 aliphatic rings. The van der Waals surface area contributed by atoms with Gasteiger partial charge in [0.15, 0.2) is 0 Å². The number of hydrogen-bond donors (Lipinski definition) is 1. The van der Waals surface area contributed by atoms with E-state index in [1.807, 2.05) is 17.8 Å². The summed E-state index contributed by atoms with van der Waals surface area (Å²) >= 11 is 0. The first-order valence-electron chi connectivity index (χ1n) is 6.74. The number of hydrogen-bond acceptors (Lipinski definition) is 5. The maximum atomic E-state index is 11.6. The smallest absolute Gasteiger partial charge is 0.401 e. The first-order valence-corrected chi connectivity index (χ1v) is 6.74. The van der Waals surface area contributed by atoms with Crippen LogP contribution in [-0.2, 0) is 11.3 Å². The summed E-state index contributed by atoms with van der Waals surface area (Å²) in [6.07, 6.45) is 7.14. The fourth-order valence-corrected chi connectivity index (χ4v) is 1.79. The van der Waals surface area contributed by atoms with Crippen LogP contribution < -0.4 is 5.32 Å². The average Bonchev–Trinajstić information content (AvgIpc) is 3.10. The van der Waals surface area contributed by atoms with E-state index in [0.29, 0.717) is 6.54 Å². The molecule has 0 saturated heterocycles. The molecule has 0 saturated carbocycles. The summed E-state index contributed by atoms with van der Waals surface area (Å²) in [6.45, 7) is 3.21. The predicted molar refractivity (Wildman–Crippen MR) is 79.0 cm³/mol. The molecule has 0 fully saturated rings. The lowest BCUT2D eigenvalue weighted by Crippen LogP contribution is -2.23. The second-order valence-corrected chi connectivity index (χ2v) is 4.69. The number of aromatic nitrogens is 2. The van der Waals surface area contributed by atoms with Crippen molar-refractivity contribution in [1.82, 2.24) is 15.1 Å². The molecule has 0 bridgehead atoms. The van der Waals surface area contributed by atoms with Crippen molar-refractivity contribution in [2.24, 2.45) is 0 Å². The Kier molecular flexibility index (Phi) is 5.07. The molecule has 8 heteroatoms. The minimum Gasteiger partial charge on any atom is -0.401 e. The van der Waals surface area contributed by atoms with Crippen molar-refractivity contribution >= 4 is 17.9 Å². The maximum Gasteiger partial charge on any atom is 0.433 e. The van der Waals surface area contributed by atoms with Gasteiger partial charge in [0, 0.05) is 25.4 Å². The summed E-state index contributed by atoms with van der Waals surface area (Å²) in [4.78, 5) is 21.4. The van der Waals surface area contributed by atoms with Gasteiger partial charge >= 0.3 is 5.88 Å². The Bertz CT molecular complexity index is 687. The van der Waals surface area contributed by atoms with Crippen LogP contribution in [-0.4, -0.2) is 27.2 Å². The molecule has 2 aromatic rings. The molecule has 22 heavy (non-hydrogen) atoms. The molecular weight excluding hydrogens is 288 g/mol. The fraction of sp³-hybridized carbons (Fsp3) is 0.286. The van der Waals surface area contributed by atoms with E-state index in [1.54, 1.807) is 6.20 Å². The Morgan fingerprint density at radius 1 is 1.55 bits per heavy atom. The summed E-state index contributed by atoms with van der Waals surface area (Å²) in [7, 11) is 0. The monoisotopic (exact) mass is 304 g/mol. The molecule has 1 N–H and O–H groups in total. The van der Waals surface area contributed by atoms with Crippen LogP contribution in [0, 0.1) is 17.0 Å². The van der Waals surface area contributed by atoms with Crippen LogP contribution in [0.4, 0.5) is 5.88 Å². The zero-order valence-electron chi connectivity index (χ0n) is 12.1. The standard InChI is InChI=1S/C14H16N4O4/c1-11-9-16-17(10-11)8-2-7-15-13(19)5-3-12-4-6-14(22-12)18(20)21/h3-6,9-10H,2,7-8H2,1H3,(H,15,19)/b5-3+. The van der Waals surface area contributed by atoms with Crippen molar-refractivity contribution < 1.29 is 14.1 Å². The summed E-state index contributed by atoms with van der Waals surface area (Å²) in [5.41, 5.74) is 1.10. The Labute approximate surface area is 126 Å². The van der Waals surface area contributed by atoms with Gasteiger partial charge in [0.2, 0.25) is 5.91 Å². The summed E-state index contributed by atoms with van der Waals surface area (Å²) in [6, 6.07) is 2.67. The number of aryl methyl sites for hydroxylation is 2. The van der Waals surface area contributed by atoms with Crippen LogP contribution in [0.1, 0.15) is 17.7 Å². The third-order valence-corrected chi connectivity index (χ3v) is 2.82. The van der Waals surface area contributed by atoms with Crippen molar-refractivity contribution in [1.29, 1.82) is 0 Å². The number of nitrogens with zero attached hydrogens (tertiary/aromatic N) is 3. The zero-order valence-corrected chi connectivity index (χ0v) is 12.1. The minimum absolute atomic E-state index is 0.258. The highest BCUT2D eigenvalue weighted by Crippen LogP contribution is 2.16. The number of furan rings is 1. The molecule has 116 valence electrons. The van der Waals surface area contributed by atoms with E-state index < -0.39 is 4.92 Å². The fourth-order valence-electron chi connectivity index (χ4n) is 1.79. The van der Waals surface area contributed by atoms with Crippen LogP contribution in [0.5, 0.6) is 0 Å². The van der Waals surface area contributed by atoms with Crippen molar-refractivity contribution in [3.8, 4) is 0 Å². The molecule has 2 aromatic heterocycles. The van der Waals surface area contributed by atoms with E-state index in [9.17, 15) is 14.9 Å². The van der Waals surface area contributed by atoms with Gasteiger partial charge in [0.1, 0.15) is 10.7 Å². The van der Waals surface area contributed by atoms with Gasteiger partial charge in [0.25, 0.3) is 0 Å². The van der Waals surface area contributed by atoms with Crippen molar-refractivity contribution in [2.45, 2.75) is 19.9 Å². The van der Waals surface area contributed by atoms with Gasteiger partial charge < -0.3 is 9.73 Å². The second kappa shape index (κ2) is 7.21. The maximum absolute atomic E-state index is 11.6.